The molecule has 0 saturated heterocycles. The third-order valence-corrected chi connectivity index (χ3v) is 4.07. The fourth-order valence-corrected chi connectivity index (χ4v) is 2.71. The average Bonchev–Trinajstić information content (AvgIpc) is 2.97. The van der Waals surface area contributed by atoms with E-state index in [-0.39, 0.29) is 18.0 Å². The number of carbonyl (C=O) groups is 1. The van der Waals surface area contributed by atoms with Gasteiger partial charge in [-0.25, -0.2) is 0 Å². The van der Waals surface area contributed by atoms with Gasteiger partial charge >= 0.3 is 5.97 Å². The number of hydrogen-bond acceptors (Lipinski definition) is 5. The van der Waals surface area contributed by atoms with E-state index in [1.165, 1.54) is 7.11 Å². The highest BCUT2D eigenvalue weighted by Crippen LogP contribution is 2.51. The van der Waals surface area contributed by atoms with Crippen LogP contribution in [0.1, 0.15) is 19.3 Å². The molecule has 4 nitrogen and oxygen atoms in total. The van der Waals surface area contributed by atoms with E-state index in [2.05, 4.69) is 4.74 Å². The summed E-state index contributed by atoms with van der Waals surface area (Å²) in [6.07, 6.45) is 1.95. The minimum absolute atomic E-state index is 0.104. The maximum absolute atomic E-state index is 11.1. The second-order valence-electron chi connectivity index (χ2n) is 4.10. The first-order chi connectivity index (χ1) is 7.12. The molecule has 0 amide bonds. The number of esters is 1. The molecule has 1 saturated carbocycles. The zero-order valence-electron chi connectivity index (χ0n) is 8.94. The Bertz CT molecular complexity index is 215. The van der Waals surface area contributed by atoms with Gasteiger partial charge in [-0.3, -0.25) is 4.79 Å². The minimum atomic E-state index is -0.649. The molecule has 1 aliphatic carbocycles. The zero-order valence-corrected chi connectivity index (χ0v) is 9.76. The quantitative estimate of drug-likeness (QED) is 0.625. The molecule has 1 aliphatic rings. The second kappa shape index (κ2) is 5.72. The van der Waals surface area contributed by atoms with Gasteiger partial charge in [-0.1, -0.05) is 0 Å². The highest BCUT2D eigenvalue weighted by Gasteiger charge is 2.44. The second-order valence-corrected chi connectivity index (χ2v) is 5.13. The Morgan fingerprint density at radius 2 is 2.27 bits per heavy atom. The molecule has 0 aromatic rings. The van der Waals surface area contributed by atoms with Crippen molar-refractivity contribution in [3.63, 3.8) is 0 Å². The Kier molecular flexibility index (Phi) is 4.89. The van der Waals surface area contributed by atoms with Gasteiger partial charge in [-0.15, -0.1) is 0 Å². The van der Waals surface area contributed by atoms with Gasteiger partial charge in [-0.2, -0.15) is 11.8 Å². The number of methoxy groups -OCH3 is 1. The van der Waals surface area contributed by atoms with Crippen LogP contribution in [0.2, 0.25) is 0 Å². The van der Waals surface area contributed by atoms with Gasteiger partial charge in [0.2, 0.25) is 0 Å². The third kappa shape index (κ3) is 4.40. The molecule has 1 rings (SSSR count). The first kappa shape index (κ1) is 12.8. The van der Waals surface area contributed by atoms with Crippen LogP contribution < -0.4 is 0 Å². The van der Waals surface area contributed by atoms with E-state index in [1.54, 1.807) is 11.8 Å². The molecule has 1 atom stereocenters. The number of thioether (sulfide) groups is 1. The summed E-state index contributed by atoms with van der Waals surface area (Å²) in [5.74, 6) is 1.23. The third-order valence-electron chi connectivity index (χ3n) is 2.63. The summed E-state index contributed by atoms with van der Waals surface area (Å²) in [5, 5.41) is 17.8. The first-order valence-corrected chi connectivity index (χ1v) is 6.21. The fourth-order valence-electron chi connectivity index (χ4n) is 1.39. The molecule has 0 aromatic carbocycles. The minimum Gasteiger partial charge on any atom is -0.469 e. The monoisotopic (exact) mass is 234 g/mol. The number of aliphatic hydroxyl groups excluding tert-OH is 2. The lowest BCUT2D eigenvalue weighted by molar-refractivity contribution is -0.141. The lowest BCUT2D eigenvalue weighted by atomic mass is 10.1. The van der Waals surface area contributed by atoms with Crippen LogP contribution in [0, 0.1) is 5.41 Å². The van der Waals surface area contributed by atoms with Crippen LogP contribution in [0.3, 0.4) is 0 Å². The van der Waals surface area contributed by atoms with Crippen molar-refractivity contribution in [3.05, 3.63) is 0 Å². The highest BCUT2D eigenvalue weighted by atomic mass is 32.2. The van der Waals surface area contributed by atoms with E-state index in [0.29, 0.717) is 12.2 Å². The van der Waals surface area contributed by atoms with Crippen molar-refractivity contribution >= 4 is 17.7 Å². The molecular weight excluding hydrogens is 216 g/mol. The molecule has 88 valence electrons. The molecular formula is C10H18O4S. The Labute approximate surface area is 94.0 Å². The van der Waals surface area contributed by atoms with Crippen LogP contribution in [0.15, 0.2) is 0 Å². The number of rotatable bonds is 7. The van der Waals surface area contributed by atoms with E-state index < -0.39 is 6.10 Å². The van der Waals surface area contributed by atoms with E-state index in [1.807, 2.05) is 0 Å². The molecule has 0 heterocycles. The smallest absolute Gasteiger partial charge is 0.306 e. The molecule has 0 radical (unpaired) electrons. The summed E-state index contributed by atoms with van der Waals surface area (Å²) in [5.41, 5.74) is 0.104. The van der Waals surface area contributed by atoms with Crippen molar-refractivity contribution < 1.29 is 19.7 Å². The summed E-state index contributed by atoms with van der Waals surface area (Å²) >= 11 is 1.59. The van der Waals surface area contributed by atoms with E-state index in [9.17, 15) is 4.79 Å². The average molecular weight is 234 g/mol. The molecule has 0 aromatic heterocycles. The number of ether oxygens (including phenoxy) is 1. The van der Waals surface area contributed by atoms with Gasteiger partial charge < -0.3 is 14.9 Å². The molecule has 1 unspecified atom stereocenters. The van der Waals surface area contributed by atoms with Crippen molar-refractivity contribution in [2.75, 3.05) is 25.2 Å². The van der Waals surface area contributed by atoms with E-state index >= 15 is 0 Å². The normalized spacial score (nSPS) is 19.7. The molecule has 2 N–H and O–H groups in total. The van der Waals surface area contributed by atoms with Gasteiger partial charge in [0.15, 0.2) is 0 Å². The van der Waals surface area contributed by atoms with E-state index in [4.69, 9.17) is 10.2 Å². The largest absolute Gasteiger partial charge is 0.469 e. The zero-order chi connectivity index (χ0) is 11.3. The molecule has 1 fully saturated rings. The van der Waals surface area contributed by atoms with Crippen molar-refractivity contribution in [2.24, 2.45) is 5.41 Å². The summed E-state index contributed by atoms with van der Waals surface area (Å²) in [4.78, 5) is 11.1. The van der Waals surface area contributed by atoms with Gasteiger partial charge in [0.25, 0.3) is 0 Å². The molecule has 0 aliphatic heterocycles. The van der Waals surface area contributed by atoms with Crippen LogP contribution in [0.5, 0.6) is 0 Å². The maximum atomic E-state index is 11.1. The van der Waals surface area contributed by atoms with Gasteiger partial charge in [0, 0.05) is 5.75 Å². The number of hydrogen-bond donors (Lipinski definition) is 2. The summed E-state index contributed by atoms with van der Waals surface area (Å²) in [6, 6.07) is 0. The number of carbonyl (C=O) groups excluding carboxylic acids is 1. The van der Waals surface area contributed by atoms with Gasteiger partial charge in [-0.05, 0) is 24.0 Å². The van der Waals surface area contributed by atoms with Crippen LogP contribution in [-0.2, 0) is 9.53 Å². The SMILES string of the molecule is COC(=O)CC1(CSCC(O)CO)CC1. The van der Waals surface area contributed by atoms with Crippen LogP contribution >= 0.6 is 11.8 Å². The van der Waals surface area contributed by atoms with Crippen molar-refractivity contribution in [1.82, 2.24) is 0 Å². The van der Waals surface area contributed by atoms with E-state index in [0.717, 1.165) is 18.6 Å². The lowest BCUT2D eigenvalue weighted by Crippen LogP contribution is -2.18. The Morgan fingerprint density at radius 1 is 1.60 bits per heavy atom. The van der Waals surface area contributed by atoms with Crippen LogP contribution in [0.4, 0.5) is 0 Å². The summed E-state index contributed by atoms with van der Waals surface area (Å²) < 4.78 is 4.64. The predicted molar refractivity (Wildman–Crippen MR) is 58.7 cm³/mol. The Morgan fingerprint density at radius 3 is 2.73 bits per heavy atom. The van der Waals surface area contributed by atoms with Crippen molar-refractivity contribution in [1.29, 1.82) is 0 Å². The first-order valence-electron chi connectivity index (χ1n) is 5.05. The summed E-state index contributed by atoms with van der Waals surface area (Å²) in [6.45, 7) is -0.197. The molecule has 5 heteroatoms. The Hall–Kier alpha value is -0.260. The standard InChI is InChI=1S/C10H18O4S/c1-14-9(13)4-10(2-3-10)7-15-6-8(12)5-11/h8,11-12H,2-7H2,1H3. The van der Waals surface area contributed by atoms with Crippen LogP contribution in [-0.4, -0.2) is 47.5 Å². The predicted octanol–water partition coefficient (Wildman–Crippen LogP) is 0.416. The van der Waals surface area contributed by atoms with Gasteiger partial charge in [0.05, 0.1) is 26.2 Å². The lowest BCUT2D eigenvalue weighted by Gasteiger charge is -2.14. The fraction of sp³-hybridized carbons (Fsp3) is 0.900. The highest BCUT2D eigenvalue weighted by molar-refractivity contribution is 7.99. The molecule has 0 bridgehead atoms. The topological polar surface area (TPSA) is 66.8 Å². The van der Waals surface area contributed by atoms with Crippen molar-refractivity contribution in [2.45, 2.75) is 25.4 Å². The van der Waals surface area contributed by atoms with Crippen molar-refractivity contribution in [3.8, 4) is 0 Å². The molecule has 0 spiro atoms. The van der Waals surface area contributed by atoms with Gasteiger partial charge in [0.1, 0.15) is 0 Å². The number of aliphatic hydroxyl groups is 2. The molecule has 15 heavy (non-hydrogen) atoms. The maximum Gasteiger partial charge on any atom is 0.306 e. The summed E-state index contributed by atoms with van der Waals surface area (Å²) in [7, 11) is 1.40. The Balaban J connectivity index is 2.17. The van der Waals surface area contributed by atoms with Crippen LogP contribution in [0.25, 0.3) is 0 Å².